The van der Waals surface area contributed by atoms with Gasteiger partial charge in [0.25, 0.3) is 0 Å². The fourth-order valence-electron chi connectivity index (χ4n) is 4.37. The van der Waals surface area contributed by atoms with Crippen molar-refractivity contribution in [2.45, 2.75) is 13.0 Å². The molecule has 0 spiro atoms. The highest BCUT2D eigenvalue weighted by Crippen LogP contribution is 2.34. The summed E-state index contributed by atoms with van der Waals surface area (Å²) >= 11 is 6.01. The Hall–Kier alpha value is -3.23. The Kier molecular flexibility index (Phi) is 7.59. The van der Waals surface area contributed by atoms with Crippen LogP contribution in [-0.2, 0) is 9.53 Å². The number of piperazine rings is 1. The van der Waals surface area contributed by atoms with E-state index in [1.807, 2.05) is 55.5 Å². The highest BCUT2D eigenvalue weighted by Gasteiger charge is 2.35. The number of methoxy groups -OCH3 is 1. The van der Waals surface area contributed by atoms with E-state index in [1.165, 1.54) is 7.11 Å². The van der Waals surface area contributed by atoms with E-state index in [9.17, 15) is 9.59 Å². The molecule has 2 aliphatic heterocycles. The number of ether oxygens (including phenoxy) is 2. The van der Waals surface area contributed by atoms with E-state index in [2.05, 4.69) is 20.4 Å². The summed E-state index contributed by atoms with van der Waals surface area (Å²) in [5.74, 6) is 0.133. The van der Waals surface area contributed by atoms with Crippen molar-refractivity contribution >= 4 is 29.3 Å². The molecule has 1 saturated heterocycles. The minimum Gasteiger partial charge on any atom is -0.494 e. The number of carbonyl (C=O) groups is 2. The third kappa shape index (κ3) is 5.29. The molecule has 0 bridgehead atoms. The summed E-state index contributed by atoms with van der Waals surface area (Å²) in [6.07, 6.45) is 0. The number of amides is 2. The summed E-state index contributed by atoms with van der Waals surface area (Å²) in [4.78, 5) is 30.0. The number of hydrogen-bond acceptors (Lipinski definition) is 6. The van der Waals surface area contributed by atoms with Gasteiger partial charge in [-0.25, -0.2) is 9.59 Å². The molecule has 2 aromatic rings. The Morgan fingerprint density at radius 2 is 1.79 bits per heavy atom. The number of nitrogens with one attached hydrogen (secondary N) is 2. The van der Waals surface area contributed by atoms with Crippen LogP contribution in [0.15, 0.2) is 59.8 Å². The van der Waals surface area contributed by atoms with Crippen molar-refractivity contribution in [2.24, 2.45) is 0 Å². The first-order valence-corrected chi connectivity index (χ1v) is 11.7. The predicted octanol–water partition coefficient (Wildman–Crippen LogP) is 3.34. The molecule has 0 aromatic heterocycles. The lowest BCUT2D eigenvalue weighted by atomic mass is 9.94. The van der Waals surface area contributed by atoms with Crippen LogP contribution in [0.1, 0.15) is 18.5 Å². The van der Waals surface area contributed by atoms with Crippen molar-refractivity contribution in [2.75, 3.05) is 51.3 Å². The second-order valence-electron chi connectivity index (χ2n) is 8.13. The van der Waals surface area contributed by atoms with Gasteiger partial charge in [0.2, 0.25) is 0 Å². The average Bonchev–Trinajstić information content (AvgIpc) is 2.85. The van der Waals surface area contributed by atoms with Crippen LogP contribution in [0.3, 0.4) is 0 Å². The number of nitrogens with zero attached hydrogens (tertiary/aromatic N) is 2. The van der Waals surface area contributed by atoms with Crippen molar-refractivity contribution in [1.82, 2.24) is 15.5 Å². The van der Waals surface area contributed by atoms with Crippen LogP contribution >= 0.6 is 11.6 Å². The molecule has 2 aliphatic rings. The van der Waals surface area contributed by atoms with Crippen LogP contribution in [0.4, 0.5) is 10.5 Å². The molecule has 1 fully saturated rings. The zero-order valence-corrected chi connectivity index (χ0v) is 20.1. The van der Waals surface area contributed by atoms with Gasteiger partial charge < -0.3 is 25.0 Å². The lowest BCUT2D eigenvalue weighted by molar-refractivity contribution is -0.136. The maximum absolute atomic E-state index is 12.9. The zero-order chi connectivity index (χ0) is 24.1. The van der Waals surface area contributed by atoms with Crippen LogP contribution < -0.4 is 20.3 Å². The van der Waals surface area contributed by atoms with Crippen molar-refractivity contribution in [3.8, 4) is 5.75 Å². The number of halogens is 1. The number of esters is 1. The van der Waals surface area contributed by atoms with Crippen molar-refractivity contribution in [1.29, 1.82) is 0 Å². The predicted molar refractivity (Wildman–Crippen MR) is 131 cm³/mol. The Morgan fingerprint density at radius 3 is 2.47 bits per heavy atom. The quantitative estimate of drug-likeness (QED) is 0.586. The second kappa shape index (κ2) is 10.8. The number of hydrogen-bond donors (Lipinski definition) is 2. The fraction of sp³-hybridized carbons (Fsp3) is 0.360. The first-order chi connectivity index (χ1) is 16.5. The summed E-state index contributed by atoms with van der Waals surface area (Å²) in [7, 11) is 1.35. The average molecular weight is 485 g/mol. The summed E-state index contributed by atoms with van der Waals surface area (Å²) in [6.45, 7) is 6.01. The third-order valence-electron chi connectivity index (χ3n) is 6.03. The highest BCUT2D eigenvalue weighted by atomic mass is 35.5. The fourth-order valence-corrected chi connectivity index (χ4v) is 4.50. The van der Waals surface area contributed by atoms with Gasteiger partial charge >= 0.3 is 12.0 Å². The van der Waals surface area contributed by atoms with Gasteiger partial charge in [-0.1, -0.05) is 29.8 Å². The van der Waals surface area contributed by atoms with E-state index in [1.54, 1.807) is 0 Å². The normalized spacial score (nSPS) is 18.9. The summed E-state index contributed by atoms with van der Waals surface area (Å²) in [6, 6.07) is 14.2. The van der Waals surface area contributed by atoms with Crippen LogP contribution in [0.5, 0.6) is 5.75 Å². The van der Waals surface area contributed by atoms with Crippen LogP contribution in [-0.4, -0.2) is 63.3 Å². The van der Waals surface area contributed by atoms with E-state index >= 15 is 0 Å². The van der Waals surface area contributed by atoms with Crippen LogP contribution in [0.25, 0.3) is 0 Å². The molecule has 0 aliphatic carbocycles. The van der Waals surface area contributed by atoms with E-state index in [0.29, 0.717) is 40.8 Å². The maximum atomic E-state index is 12.9. The molecule has 8 nitrogen and oxygen atoms in total. The van der Waals surface area contributed by atoms with Gasteiger partial charge in [-0.15, -0.1) is 0 Å². The van der Waals surface area contributed by atoms with Gasteiger partial charge in [0, 0.05) is 54.7 Å². The molecule has 2 aromatic carbocycles. The van der Waals surface area contributed by atoms with Crippen molar-refractivity contribution in [3.05, 3.63) is 70.4 Å². The number of benzene rings is 2. The second-order valence-corrected chi connectivity index (χ2v) is 8.56. The molecular formula is C25H29ClN4O4. The monoisotopic (exact) mass is 484 g/mol. The van der Waals surface area contributed by atoms with Crippen LogP contribution in [0, 0.1) is 0 Å². The van der Waals surface area contributed by atoms with Gasteiger partial charge in [-0.05, 0) is 37.3 Å². The molecule has 34 heavy (non-hydrogen) atoms. The molecular weight excluding hydrogens is 456 g/mol. The largest absolute Gasteiger partial charge is 0.494 e. The Morgan fingerprint density at radius 1 is 1.09 bits per heavy atom. The summed E-state index contributed by atoms with van der Waals surface area (Å²) < 4.78 is 10.9. The van der Waals surface area contributed by atoms with Gasteiger partial charge in [0.15, 0.2) is 0 Å². The minimum absolute atomic E-state index is 0.362. The van der Waals surface area contributed by atoms with Crippen LogP contribution in [0.2, 0.25) is 5.02 Å². The van der Waals surface area contributed by atoms with Gasteiger partial charge in [-0.3, -0.25) is 4.90 Å². The van der Waals surface area contributed by atoms with Crippen molar-refractivity contribution in [3.63, 3.8) is 0 Å². The van der Waals surface area contributed by atoms with E-state index in [-0.39, 0.29) is 6.03 Å². The van der Waals surface area contributed by atoms with E-state index < -0.39 is 12.0 Å². The Bertz CT molecular complexity index is 1060. The smallest absolute Gasteiger partial charge is 0.338 e. The molecule has 2 N–H and O–H groups in total. The standard InChI is InChI=1S/C25H29ClN4O4/c1-3-34-21-7-5-4-6-19(21)23-22(24(31)33-2)20(27-25(32)28-23)16-29-12-14-30(15-13-29)18-10-8-17(26)9-11-18/h4-11,23H,3,12-16H2,1-2H3,(H2,27,28,32). The minimum atomic E-state index is -0.672. The van der Waals surface area contributed by atoms with Gasteiger partial charge in [0.1, 0.15) is 5.75 Å². The molecule has 2 heterocycles. The SMILES string of the molecule is CCOc1ccccc1C1NC(=O)NC(CN2CCN(c3ccc(Cl)cc3)CC2)=C1C(=O)OC. The number of anilines is 1. The first-order valence-electron chi connectivity index (χ1n) is 11.3. The number of carbonyl (C=O) groups excluding carboxylic acids is 2. The molecule has 0 saturated carbocycles. The van der Waals surface area contributed by atoms with Gasteiger partial charge in [-0.2, -0.15) is 0 Å². The molecule has 2 amide bonds. The van der Waals surface area contributed by atoms with Gasteiger partial charge in [0.05, 0.1) is 25.3 Å². The zero-order valence-electron chi connectivity index (χ0n) is 19.3. The molecule has 1 unspecified atom stereocenters. The number of urea groups is 1. The number of rotatable bonds is 7. The summed E-state index contributed by atoms with van der Waals surface area (Å²) in [5.41, 5.74) is 2.77. The highest BCUT2D eigenvalue weighted by molar-refractivity contribution is 6.30. The maximum Gasteiger partial charge on any atom is 0.338 e. The molecule has 180 valence electrons. The van der Waals surface area contributed by atoms with Crippen molar-refractivity contribution < 1.29 is 19.1 Å². The third-order valence-corrected chi connectivity index (χ3v) is 6.29. The first kappa shape index (κ1) is 23.9. The molecule has 1 atom stereocenters. The summed E-state index contributed by atoms with van der Waals surface area (Å²) in [5, 5.41) is 6.43. The molecule has 0 radical (unpaired) electrons. The Labute approximate surface area is 204 Å². The Balaban J connectivity index is 1.57. The van der Waals surface area contributed by atoms with E-state index in [4.69, 9.17) is 21.1 Å². The number of para-hydroxylation sites is 1. The molecule has 4 rings (SSSR count). The lowest BCUT2D eigenvalue weighted by Gasteiger charge is -2.38. The topological polar surface area (TPSA) is 83.1 Å². The van der Waals surface area contributed by atoms with E-state index in [0.717, 1.165) is 31.9 Å². The lowest BCUT2D eigenvalue weighted by Crippen LogP contribution is -2.51. The molecule has 9 heteroatoms.